The number of benzene rings is 3. The molecule has 2 amide bonds. The first-order chi connectivity index (χ1) is 14.1. The van der Waals surface area contributed by atoms with Gasteiger partial charge in [0.1, 0.15) is 5.75 Å². The lowest BCUT2D eigenvalue weighted by Gasteiger charge is -2.08. The first kappa shape index (κ1) is 19.6. The molecule has 3 aromatic carbocycles. The summed E-state index contributed by atoms with van der Waals surface area (Å²) in [4.78, 5) is 24.8. The molecule has 0 bridgehead atoms. The van der Waals surface area contributed by atoms with Gasteiger partial charge < -0.3 is 15.4 Å². The molecular formula is C23H19N3O3. The van der Waals surface area contributed by atoms with E-state index in [2.05, 4.69) is 10.6 Å². The number of nitrogens with one attached hydrogen (secondary N) is 2. The summed E-state index contributed by atoms with van der Waals surface area (Å²) >= 11 is 0. The average Bonchev–Trinajstić information content (AvgIpc) is 2.75. The van der Waals surface area contributed by atoms with Crippen molar-refractivity contribution in [1.82, 2.24) is 0 Å². The van der Waals surface area contributed by atoms with E-state index in [9.17, 15) is 9.59 Å². The van der Waals surface area contributed by atoms with E-state index in [4.69, 9.17) is 10.00 Å². The summed E-state index contributed by atoms with van der Waals surface area (Å²) in [5.41, 5.74) is 2.49. The molecule has 2 N–H and O–H groups in total. The number of ether oxygens (including phenoxy) is 1. The minimum Gasteiger partial charge on any atom is -0.494 e. The number of nitriles is 1. The van der Waals surface area contributed by atoms with Crippen molar-refractivity contribution in [3.63, 3.8) is 0 Å². The van der Waals surface area contributed by atoms with E-state index in [-0.39, 0.29) is 11.8 Å². The van der Waals surface area contributed by atoms with E-state index >= 15 is 0 Å². The Morgan fingerprint density at radius 3 is 2.00 bits per heavy atom. The van der Waals surface area contributed by atoms with E-state index < -0.39 is 0 Å². The highest BCUT2D eigenvalue weighted by molar-refractivity contribution is 6.07. The van der Waals surface area contributed by atoms with Crippen LogP contribution in [0, 0.1) is 11.3 Å². The molecule has 0 unspecified atom stereocenters. The molecule has 0 heterocycles. The Kier molecular flexibility index (Phi) is 6.23. The zero-order valence-electron chi connectivity index (χ0n) is 15.8. The summed E-state index contributed by atoms with van der Waals surface area (Å²) in [5, 5.41) is 14.5. The smallest absolute Gasteiger partial charge is 0.255 e. The summed E-state index contributed by atoms with van der Waals surface area (Å²) in [6.45, 7) is 2.48. The Hall–Kier alpha value is -4.11. The Morgan fingerprint density at radius 1 is 0.862 bits per heavy atom. The van der Waals surface area contributed by atoms with Crippen molar-refractivity contribution >= 4 is 23.2 Å². The van der Waals surface area contributed by atoms with Crippen LogP contribution in [-0.4, -0.2) is 18.4 Å². The van der Waals surface area contributed by atoms with Crippen LogP contribution in [-0.2, 0) is 0 Å². The fourth-order valence-corrected chi connectivity index (χ4v) is 2.65. The fraction of sp³-hybridized carbons (Fsp3) is 0.0870. The molecule has 6 nitrogen and oxygen atoms in total. The van der Waals surface area contributed by atoms with E-state index in [1.165, 1.54) is 0 Å². The molecule has 0 spiro atoms. The predicted molar refractivity (Wildman–Crippen MR) is 111 cm³/mol. The third-order valence-corrected chi connectivity index (χ3v) is 4.08. The van der Waals surface area contributed by atoms with Gasteiger partial charge in [-0.15, -0.1) is 0 Å². The van der Waals surface area contributed by atoms with Gasteiger partial charge in [0, 0.05) is 22.5 Å². The van der Waals surface area contributed by atoms with Gasteiger partial charge in [-0.1, -0.05) is 6.07 Å². The minimum atomic E-state index is -0.321. The summed E-state index contributed by atoms with van der Waals surface area (Å²) in [6.07, 6.45) is 0. The largest absolute Gasteiger partial charge is 0.494 e. The average molecular weight is 385 g/mol. The predicted octanol–water partition coefficient (Wildman–Crippen LogP) is 4.46. The van der Waals surface area contributed by atoms with Crippen LogP contribution in [0.1, 0.15) is 33.2 Å². The Morgan fingerprint density at radius 2 is 1.45 bits per heavy atom. The molecule has 29 heavy (non-hydrogen) atoms. The van der Waals surface area contributed by atoms with Gasteiger partial charge in [0.2, 0.25) is 0 Å². The van der Waals surface area contributed by atoms with E-state index in [0.29, 0.717) is 34.7 Å². The summed E-state index contributed by atoms with van der Waals surface area (Å²) < 4.78 is 5.38. The van der Waals surface area contributed by atoms with Gasteiger partial charge in [0.05, 0.1) is 18.2 Å². The Bertz CT molecular complexity index is 1050. The van der Waals surface area contributed by atoms with Gasteiger partial charge in [-0.05, 0) is 73.7 Å². The number of hydrogen-bond donors (Lipinski definition) is 2. The van der Waals surface area contributed by atoms with E-state index in [0.717, 1.165) is 5.75 Å². The molecule has 0 atom stereocenters. The van der Waals surface area contributed by atoms with Crippen molar-refractivity contribution in [2.45, 2.75) is 6.92 Å². The van der Waals surface area contributed by atoms with Crippen molar-refractivity contribution in [3.8, 4) is 11.8 Å². The molecule has 0 aromatic heterocycles. The maximum absolute atomic E-state index is 12.4. The van der Waals surface area contributed by atoms with Crippen LogP contribution in [0.5, 0.6) is 5.75 Å². The van der Waals surface area contributed by atoms with Gasteiger partial charge >= 0.3 is 0 Å². The highest BCUT2D eigenvalue weighted by Crippen LogP contribution is 2.17. The van der Waals surface area contributed by atoms with Crippen LogP contribution in [0.3, 0.4) is 0 Å². The topological polar surface area (TPSA) is 91.2 Å². The lowest BCUT2D eigenvalue weighted by atomic mass is 10.1. The standard InChI is InChI=1S/C23H19N3O3/c1-2-29-21-12-10-19(11-13-21)25-22(27)17-6-8-18(9-7-17)23(28)26-20-5-3-4-16(14-20)15-24/h3-14H,2H2,1H3,(H,25,27)(H,26,28). The van der Waals surface area contributed by atoms with Crippen molar-refractivity contribution in [1.29, 1.82) is 5.26 Å². The quantitative estimate of drug-likeness (QED) is 0.655. The third kappa shape index (κ3) is 5.21. The summed E-state index contributed by atoms with van der Waals surface area (Å²) in [5.74, 6) is 0.141. The Labute approximate surface area is 168 Å². The van der Waals surface area contributed by atoms with Gasteiger partial charge in [-0.3, -0.25) is 9.59 Å². The van der Waals surface area contributed by atoms with Gasteiger partial charge in [-0.25, -0.2) is 0 Å². The second-order valence-electron chi connectivity index (χ2n) is 6.14. The van der Waals surface area contributed by atoms with Crippen LogP contribution in [0.2, 0.25) is 0 Å². The highest BCUT2D eigenvalue weighted by atomic mass is 16.5. The number of nitrogens with zero attached hydrogens (tertiary/aromatic N) is 1. The molecule has 0 fully saturated rings. The minimum absolute atomic E-state index is 0.275. The number of rotatable bonds is 6. The van der Waals surface area contributed by atoms with Gasteiger partial charge in [0.15, 0.2) is 0 Å². The monoisotopic (exact) mass is 385 g/mol. The zero-order chi connectivity index (χ0) is 20.6. The molecular weight excluding hydrogens is 366 g/mol. The van der Waals surface area contributed by atoms with Crippen LogP contribution < -0.4 is 15.4 Å². The zero-order valence-corrected chi connectivity index (χ0v) is 15.8. The maximum atomic E-state index is 12.4. The first-order valence-electron chi connectivity index (χ1n) is 9.05. The SMILES string of the molecule is CCOc1ccc(NC(=O)c2ccc(C(=O)Nc3cccc(C#N)c3)cc2)cc1. The highest BCUT2D eigenvalue weighted by Gasteiger charge is 2.10. The van der Waals surface area contributed by atoms with Crippen LogP contribution in [0.15, 0.2) is 72.8 Å². The number of amides is 2. The molecule has 3 rings (SSSR count). The van der Waals surface area contributed by atoms with Crippen LogP contribution >= 0.6 is 0 Å². The van der Waals surface area contributed by atoms with Crippen LogP contribution in [0.25, 0.3) is 0 Å². The molecule has 6 heteroatoms. The fourth-order valence-electron chi connectivity index (χ4n) is 2.65. The van der Waals surface area contributed by atoms with Gasteiger partial charge in [-0.2, -0.15) is 5.26 Å². The lowest BCUT2D eigenvalue weighted by molar-refractivity contribution is 0.101. The molecule has 3 aromatic rings. The molecule has 0 radical (unpaired) electrons. The van der Waals surface area contributed by atoms with E-state index in [1.54, 1.807) is 72.8 Å². The van der Waals surface area contributed by atoms with Crippen molar-refractivity contribution < 1.29 is 14.3 Å². The molecule has 0 aliphatic rings. The van der Waals surface area contributed by atoms with Crippen LogP contribution in [0.4, 0.5) is 11.4 Å². The van der Waals surface area contributed by atoms with E-state index in [1.807, 2.05) is 13.0 Å². The number of hydrogen-bond acceptors (Lipinski definition) is 4. The molecule has 0 saturated heterocycles. The molecule has 0 aliphatic carbocycles. The normalized spacial score (nSPS) is 9.93. The molecule has 144 valence electrons. The second-order valence-corrected chi connectivity index (χ2v) is 6.14. The van der Waals surface area contributed by atoms with Crippen molar-refractivity contribution in [2.24, 2.45) is 0 Å². The van der Waals surface area contributed by atoms with Gasteiger partial charge in [0.25, 0.3) is 11.8 Å². The molecule has 0 aliphatic heterocycles. The number of carbonyl (C=O) groups is 2. The second kappa shape index (κ2) is 9.20. The van der Waals surface area contributed by atoms with Crippen molar-refractivity contribution in [2.75, 3.05) is 17.2 Å². The lowest BCUT2D eigenvalue weighted by Crippen LogP contribution is -2.14. The number of anilines is 2. The molecule has 0 saturated carbocycles. The third-order valence-electron chi connectivity index (χ3n) is 4.08. The maximum Gasteiger partial charge on any atom is 0.255 e. The summed E-state index contributed by atoms with van der Waals surface area (Å²) in [6, 6.07) is 22.1. The summed E-state index contributed by atoms with van der Waals surface area (Å²) in [7, 11) is 0. The van der Waals surface area contributed by atoms with Crippen molar-refractivity contribution in [3.05, 3.63) is 89.5 Å². The first-order valence-corrected chi connectivity index (χ1v) is 9.05. The Balaban J connectivity index is 1.63. The number of carbonyl (C=O) groups excluding carboxylic acids is 2.